The zero-order valence-corrected chi connectivity index (χ0v) is 17.6. The highest BCUT2D eigenvalue weighted by Gasteiger charge is 2.16. The Hall–Kier alpha value is -2.62. The summed E-state index contributed by atoms with van der Waals surface area (Å²) >= 11 is 0. The smallest absolute Gasteiger partial charge is 0.251 e. The van der Waals surface area contributed by atoms with E-state index in [-0.39, 0.29) is 17.6 Å². The zero-order valence-electron chi connectivity index (χ0n) is 17.6. The molecule has 0 radical (unpaired) electrons. The largest absolute Gasteiger partial charge is 0.496 e. The fraction of sp³-hybridized carbons (Fsp3) is 0.417. The number of benzene rings is 2. The Morgan fingerprint density at radius 1 is 1.00 bits per heavy atom. The highest BCUT2D eigenvalue weighted by atomic mass is 16.5. The van der Waals surface area contributed by atoms with Gasteiger partial charge in [0, 0.05) is 18.0 Å². The standard InChI is InChI=1S/C24H31NO3/c1-6-18-9-10-20(15-19(18)7-2)24(27)25-13-12-17-8-11-22(28-5)21(14-17)23(26)16(3)4/h8-11,14-16H,6-7,12-13H2,1-5H3,(H,25,27). The van der Waals surface area contributed by atoms with E-state index in [4.69, 9.17) is 4.74 Å². The molecule has 0 spiro atoms. The first kappa shape index (κ1) is 21.7. The molecule has 0 saturated carbocycles. The normalized spacial score (nSPS) is 10.8. The number of amides is 1. The van der Waals surface area contributed by atoms with E-state index in [1.807, 2.05) is 50.2 Å². The molecule has 28 heavy (non-hydrogen) atoms. The van der Waals surface area contributed by atoms with E-state index in [0.717, 1.165) is 18.4 Å². The summed E-state index contributed by atoms with van der Waals surface area (Å²) in [5.41, 5.74) is 4.81. The van der Waals surface area contributed by atoms with Gasteiger partial charge in [0.1, 0.15) is 5.75 Å². The van der Waals surface area contributed by atoms with Crippen LogP contribution in [0.5, 0.6) is 5.75 Å². The number of rotatable bonds is 9. The third-order valence-corrected chi connectivity index (χ3v) is 4.98. The van der Waals surface area contributed by atoms with Crippen molar-refractivity contribution in [2.75, 3.05) is 13.7 Å². The van der Waals surface area contributed by atoms with E-state index in [9.17, 15) is 9.59 Å². The SMILES string of the molecule is CCc1ccc(C(=O)NCCc2ccc(OC)c(C(=O)C(C)C)c2)cc1CC. The summed E-state index contributed by atoms with van der Waals surface area (Å²) in [5, 5.41) is 2.98. The second kappa shape index (κ2) is 10.1. The molecule has 150 valence electrons. The van der Waals surface area contributed by atoms with Gasteiger partial charge in [-0.05, 0) is 60.2 Å². The first-order valence-corrected chi connectivity index (χ1v) is 10.0. The Balaban J connectivity index is 2.04. The number of Topliss-reactive ketones (excluding diaryl/α,β-unsaturated/α-hetero) is 1. The van der Waals surface area contributed by atoms with Gasteiger partial charge in [0.25, 0.3) is 5.91 Å². The van der Waals surface area contributed by atoms with Crippen molar-refractivity contribution in [3.63, 3.8) is 0 Å². The fourth-order valence-electron chi connectivity index (χ4n) is 3.28. The molecule has 4 nitrogen and oxygen atoms in total. The Labute approximate surface area is 168 Å². The lowest BCUT2D eigenvalue weighted by atomic mass is 9.97. The van der Waals surface area contributed by atoms with Crippen molar-refractivity contribution in [3.8, 4) is 5.75 Å². The quantitative estimate of drug-likeness (QED) is 0.644. The second-order valence-electron chi connectivity index (χ2n) is 7.25. The van der Waals surface area contributed by atoms with Gasteiger partial charge in [-0.2, -0.15) is 0 Å². The van der Waals surface area contributed by atoms with Gasteiger partial charge in [0.05, 0.1) is 12.7 Å². The van der Waals surface area contributed by atoms with Gasteiger partial charge in [-0.1, -0.05) is 39.8 Å². The van der Waals surface area contributed by atoms with Crippen molar-refractivity contribution in [3.05, 3.63) is 64.2 Å². The minimum Gasteiger partial charge on any atom is -0.496 e. The summed E-state index contributed by atoms with van der Waals surface area (Å²) in [6.07, 6.45) is 2.55. The summed E-state index contributed by atoms with van der Waals surface area (Å²) in [7, 11) is 1.57. The highest BCUT2D eigenvalue weighted by Crippen LogP contribution is 2.23. The molecule has 0 saturated heterocycles. The Kier molecular flexibility index (Phi) is 7.80. The first-order valence-electron chi connectivity index (χ1n) is 10.0. The average Bonchev–Trinajstić information content (AvgIpc) is 2.72. The lowest BCUT2D eigenvalue weighted by Gasteiger charge is -2.13. The summed E-state index contributed by atoms with van der Waals surface area (Å²) in [6, 6.07) is 11.6. The van der Waals surface area contributed by atoms with Crippen LogP contribution in [-0.4, -0.2) is 25.3 Å². The van der Waals surface area contributed by atoms with Crippen LogP contribution in [0.15, 0.2) is 36.4 Å². The maximum absolute atomic E-state index is 12.5. The van der Waals surface area contributed by atoms with Crippen molar-refractivity contribution in [2.24, 2.45) is 5.92 Å². The van der Waals surface area contributed by atoms with E-state index in [2.05, 4.69) is 19.2 Å². The van der Waals surface area contributed by atoms with Crippen LogP contribution in [0.4, 0.5) is 0 Å². The Morgan fingerprint density at radius 3 is 2.32 bits per heavy atom. The molecule has 1 amide bonds. The van der Waals surface area contributed by atoms with Crippen LogP contribution in [0, 0.1) is 5.92 Å². The number of hydrogen-bond donors (Lipinski definition) is 1. The van der Waals surface area contributed by atoms with Crippen LogP contribution in [0.25, 0.3) is 0 Å². The van der Waals surface area contributed by atoms with Crippen LogP contribution >= 0.6 is 0 Å². The predicted octanol–water partition coefficient (Wildman–Crippen LogP) is 4.63. The molecule has 0 aliphatic carbocycles. The van der Waals surface area contributed by atoms with E-state index < -0.39 is 0 Å². The molecule has 0 heterocycles. The lowest BCUT2D eigenvalue weighted by molar-refractivity contribution is 0.0932. The summed E-state index contributed by atoms with van der Waals surface area (Å²) in [5.74, 6) is 0.493. The van der Waals surface area contributed by atoms with Crippen molar-refractivity contribution in [1.82, 2.24) is 5.32 Å². The van der Waals surface area contributed by atoms with Gasteiger partial charge in [0.2, 0.25) is 0 Å². The van der Waals surface area contributed by atoms with Crippen LogP contribution in [0.2, 0.25) is 0 Å². The maximum Gasteiger partial charge on any atom is 0.251 e. The van der Waals surface area contributed by atoms with E-state index in [1.54, 1.807) is 7.11 Å². The van der Waals surface area contributed by atoms with Gasteiger partial charge in [0.15, 0.2) is 5.78 Å². The average molecular weight is 382 g/mol. The molecule has 0 aliphatic rings. The minimum atomic E-state index is -0.0947. The van der Waals surface area contributed by atoms with Crippen LogP contribution < -0.4 is 10.1 Å². The van der Waals surface area contributed by atoms with Gasteiger partial charge < -0.3 is 10.1 Å². The number of ether oxygens (including phenoxy) is 1. The molecule has 2 aromatic carbocycles. The van der Waals surface area contributed by atoms with Gasteiger partial charge in [-0.3, -0.25) is 9.59 Å². The third-order valence-electron chi connectivity index (χ3n) is 4.98. The third kappa shape index (κ3) is 5.22. The first-order chi connectivity index (χ1) is 13.4. The second-order valence-corrected chi connectivity index (χ2v) is 7.25. The number of methoxy groups -OCH3 is 1. The molecule has 0 unspecified atom stereocenters. The molecule has 0 atom stereocenters. The maximum atomic E-state index is 12.5. The summed E-state index contributed by atoms with van der Waals surface area (Å²) in [6.45, 7) is 8.50. The number of carbonyl (C=O) groups excluding carboxylic acids is 2. The van der Waals surface area contributed by atoms with Gasteiger partial charge in [-0.25, -0.2) is 0 Å². The minimum absolute atomic E-state index is 0.0610. The van der Waals surface area contributed by atoms with E-state index >= 15 is 0 Å². The number of nitrogens with one attached hydrogen (secondary N) is 1. The zero-order chi connectivity index (χ0) is 20.7. The molecule has 4 heteroatoms. The molecule has 0 fully saturated rings. The molecular formula is C24H31NO3. The van der Waals surface area contributed by atoms with Crippen LogP contribution in [0.1, 0.15) is 65.1 Å². The van der Waals surface area contributed by atoms with Gasteiger partial charge in [-0.15, -0.1) is 0 Å². The number of ketones is 1. The van der Waals surface area contributed by atoms with E-state index in [0.29, 0.717) is 29.8 Å². The predicted molar refractivity (Wildman–Crippen MR) is 113 cm³/mol. The highest BCUT2D eigenvalue weighted by molar-refractivity contribution is 6.00. The Bertz CT molecular complexity index is 840. The monoisotopic (exact) mass is 381 g/mol. The topological polar surface area (TPSA) is 55.4 Å². The summed E-state index contributed by atoms with van der Waals surface area (Å²) < 4.78 is 5.32. The van der Waals surface area contributed by atoms with Gasteiger partial charge >= 0.3 is 0 Å². The molecule has 0 bridgehead atoms. The molecule has 2 aromatic rings. The van der Waals surface area contributed by atoms with Crippen molar-refractivity contribution in [1.29, 1.82) is 0 Å². The van der Waals surface area contributed by atoms with Crippen molar-refractivity contribution in [2.45, 2.75) is 47.0 Å². The number of hydrogen-bond acceptors (Lipinski definition) is 3. The lowest BCUT2D eigenvalue weighted by Crippen LogP contribution is -2.26. The molecule has 1 N–H and O–H groups in total. The molecular weight excluding hydrogens is 350 g/mol. The number of aryl methyl sites for hydroxylation is 2. The van der Waals surface area contributed by atoms with Crippen LogP contribution in [-0.2, 0) is 19.3 Å². The van der Waals surface area contributed by atoms with Crippen LogP contribution in [0.3, 0.4) is 0 Å². The number of carbonyl (C=O) groups is 2. The molecule has 0 aliphatic heterocycles. The summed E-state index contributed by atoms with van der Waals surface area (Å²) in [4.78, 5) is 24.9. The fourth-order valence-corrected chi connectivity index (χ4v) is 3.28. The van der Waals surface area contributed by atoms with Crippen molar-refractivity contribution >= 4 is 11.7 Å². The molecule has 2 rings (SSSR count). The Morgan fingerprint density at radius 2 is 1.71 bits per heavy atom. The van der Waals surface area contributed by atoms with Crippen molar-refractivity contribution < 1.29 is 14.3 Å². The molecule has 0 aromatic heterocycles. The van der Waals surface area contributed by atoms with E-state index in [1.165, 1.54) is 11.1 Å².